The van der Waals surface area contributed by atoms with Gasteiger partial charge in [-0.2, -0.15) is 0 Å². The Kier molecular flexibility index (Phi) is 7.72. The summed E-state index contributed by atoms with van der Waals surface area (Å²) in [6.45, 7) is 10.2. The Morgan fingerprint density at radius 2 is 1.91 bits per heavy atom. The number of hydrogen-bond donors (Lipinski definition) is 2. The maximum atomic E-state index is 13.0. The summed E-state index contributed by atoms with van der Waals surface area (Å²) in [5.41, 5.74) is 5.92. The van der Waals surface area contributed by atoms with E-state index in [2.05, 4.69) is 54.6 Å². The van der Waals surface area contributed by atoms with Gasteiger partial charge in [-0.05, 0) is 110 Å². The number of piperidine rings is 1. The van der Waals surface area contributed by atoms with Crippen LogP contribution < -0.4 is 10.1 Å². The highest BCUT2D eigenvalue weighted by atomic mass is 32.2. The number of aliphatic carboxylic acids is 1. The summed E-state index contributed by atoms with van der Waals surface area (Å²) in [6, 6.07) is 12.3. The summed E-state index contributed by atoms with van der Waals surface area (Å²) in [5.74, 6) is 0.969. The molecule has 2 saturated carbocycles. The van der Waals surface area contributed by atoms with Crippen LogP contribution in [-0.2, 0) is 11.4 Å². The molecule has 5 unspecified atom stereocenters. The third-order valence-corrected chi connectivity index (χ3v) is 12.5. The molecule has 2 N–H and O–H groups in total. The number of carboxylic acid groups (broad SMARTS) is 1. The van der Waals surface area contributed by atoms with Gasteiger partial charge in [0.1, 0.15) is 17.9 Å². The van der Waals surface area contributed by atoms with Crippen LogP contribution in [-0.4, -0.2) is 58.5 Å². The number of nitrogens with one attached hydrogen (secondary N) is 1. The van der Waals surface area contributed by atoms with Crippen molar-refractivity contribution in [1.82, 2.24) is 15.1 Å². The Balaban J connectivity index is 1.02. The molecule has 44 heavy (non-hydrogen) atoms. The van der Waals surface area contributed by atoms with Crippen LogP contribution in [0, 0.1) is 36.5 Å². The van der Waals surface area contributed by atoms with Crippen molar-refractivity contribution >= 4 is 29.3 Å². The number of likely N-dealkylation sites (tertiary alicyclic amines) is 2. The van der Waals surface area contributed by atoms with E-state index in [4.69, 9.17) is 4.74 Å². The fourth-order valence-corrected chi connectivity index (χ4v) is 10.2. The summed E-state index contributed by atoms with van der Waals surface area (Å²) >= 11 is 1.78. The van der Waals surface area contributed by atoms with Crippen LogP contribution >= 0.6 is 11.8 Å². The van der Waals surface area contributed by atoms with E-state index < -0.39 is 11.4 Å². The van der Waals surface area contributed by atoms with Gasteiger partial charge in [-0.25, -0.2) is 0 Å². The molecule has 0 radical (unpaired) electrons. The predicted molar refractivity (Wildman–Crippen MR) is 174 cm³/mol. The molecule has 3 heterocycles. The maximum Gasteiger partial charge on any atom is 0.310 e. The number of carbonyl (C=O) groups excluding carboxylic acids is 1. The van der Waals surface area contributed by atoms with Crippen molar-refractivity contribution < 1.29 is 19.4 Å². The maximum absolute atomic E-state index is 13.0. The lowest BCUT2D eigenvalue weighted by Crippen LogP contribution is -2.72. The second kappa shape index (κ2) is 11.4. The average molecular weight is 616 g/mol. The van der Waals surface area contributed by atoms with Gasteiger partial charge < -0.3 is 20.1 Å². The molecule has 5 atom stereocenters. The van der Waals surface area contributed by atoms with Crippen molar-refractivity contribution in [2.24, 2.45) is 22.7 Å². The van der Waals surface area contributed by atoms with Crippen LogP contribution in [0.3, 0.4) is 0 Å². The summed E-state index contributed by atoms with van der Waals surface area (Å²) in [7, 11) is 0. The first kappa shape index (κ1) is 29.7. The third kappa shape index (κ3) is 4.66. The molecule has 2 saturated heterocycles. The number of aryl methyl sites for hydroxylation is 2. The molecule has 7 rings (SSSR count). The van der Waals surface area contributed by atoms with Gasteiger partial charge in [-0.1, -0.05) is 42.8 Å². The van der Waals surface area contributed by atoms with E-state index in [1.807, 2.05) is 23.1 Å². The van der Waals surface area contributed by atoms with Crippen LogP contribution in [0.1, 0.15) is 84.5 Å². The highest BCUT2D eigenvalue weighted by Gasteiger charge is 2.79. The number of thioether (sulfide) groups is 1. The Labute approximate surface area is 265 Å². The summed E-state index contributed by atoms with van der Waals surface area (Å²) in [6.07, 6.45) is 7.33. The minimum Gasteiger partial charge on any atom is -0.488 e. The number of benzene rings is 2. The van der Waals surface area contributed by atoms with Gasteiger partial charge in [0.05, 0.1) is 11.1 Å². The van der Waals surface area contributed by atoms with Crippen molar-refractivity contribution in [2.75, 3.05) is 26.2 Å². The van der Waals surface area contributed by atoms with Crippen LogP contribution in [0.15, 0.2) is 41.8 Å². The molecule has 7 nitrogen and oxygen atoms in total. The molecule has 0 bridgehead atoms. The van der Waals surface area contributed by atoms with Gasteiger partial charge in [0.2, 0.25) is 0 Å². The first-order valence-electron chi connectivity index (χ1n) is 16.5. The zero-order chi connectivity index (χ0) is 30.6. The molecule has 8 heteroatoms. The number of rotatable bonds is 9. The fraction of sp³-hybridized carbons (Fsp3) is 0.556. The number of ether oxygens (including phenoxy) is 1. The molecule has 234 valence electrons. The quantitative estimate of drug-likeness (QED) is 0.327. The van der Waals surface area contributed by atoms with Crippen molar-refractivity contribution in [2.45, 2.75) is 77.8 Å². The van der Waals surface area contributed by atoms with Gasteiger partial charge in [-0.3, -0.25) is 14.5 Å². The normalized spacial score (nSPS) is 30.8. The first-order valence-corrected chi connectivity index (χ1v) is 17.4. The fourth-order valence-electron chi connectivity index (χ4n) is 9.23. The SMILES string of the molecule is CCCC1(C(=O)O)C2CCC23CN(C2NC(c4cc(C)ccc4OCc4ccc(C(=O)N5CCCCC5)cc4C)=CS2)CC31. The van der Waals surface area contributed by atoms with Crippen LogP contribution in [0.2, 0.25) is 0 Å². The average Bonchev–Trinajstić information content (AvgIpc) is 3.66. The monoisotopic (exact) mass is 615 g/mol. The molecule has 2 aromatic carbocycles. The molecule has 3 aliphatic heterocycles. The molecule has 1 amide bonds. The van der Waals surface area contributed by atoms with Crippen LogP contribution in [0.5, 0.6) is 5.75 Å². The Bertz CT molecular complexity index is 1500. The van der Waals surface area contributed by atoms with Crippen LogP contribution in [0.25, 0.3) is 5.70 Å². The zero-order valence-corrected chi connectivity index (χ0v) is 27.0. The molecule has 0 aromatic heterocycles. The van der Waals surface area contributed by atoms with Gasteiger partial charge in [0, 0.05) is 37.3 Å². The lowest BCUT2D eigenvalue weighted by Gasteiger charge is -2.71. The number of amides is 1. The Morgan fingerprint density at radius 3 is 2.61 bits per heavy atom. The van der Waals surface area contributed by atoms with E-state index in [0.29, 0.717) is 12.5 Å². The summed E-state index contributed by atoms with van der Waals surface area (Å²) < 4.78 is 6.45. The number of hydrogen-bond acceptors (Lipinski definition) is 6. The number of carboxylic acids is 1. The predicted octanol–water partition coefficient (Wildman–Crippen LogP) is 6.64. The third-order valence-electron chi connectivity index (χ3n) is 11.5. The molecule has 4 fully saturated rings. The van der Waals surface area contributed by atoms with E-state index in [9.17, 15) is 14.7 Å². The highest BCUT2D eigenvalue weighted by molar-refractivity contribution is 8.03. The minimum atomic E-state index is -0.572. The lowest BCUT2D eigenvalue weighted by molar-refractivity contribution is -0.248. The van der Waals surface area contributed by atoms with E-state index in [0.717, 1.165) is 98.4 Å². The molecule has 1 spiro atoms. The largest absolute Gasteiger partial charge is 0.488 e. The molecular weight excluding hydrogens is 570 g/mol. The van der Waals surface area contributed by atoms with E-state index in [1.165, 1.54) is 12.0 Å². The minimum absolute atomic E-state index is 0.0972. The second-order valence-corrected chi connectivity index (χ2v) is 14.8. The van der Waals surface area contributed by atoms with Crippen molar-refractivity contribution in [1.29, 1.82) is 0 Å². The highest BCUT2D eigenvalue weighted by Crippen LogP contribution is 2.77. The van der Waals surface area contributed by atoms with Gasteiger partial charge >= 0.3 is 5.97 Å². The number of nitrogens with zero attached hydrogens (tertiary/aromatic N) is 2. The van der Waals surface area contributed by atoms with Gasteiger partial charge in [-0.15, -0.1) is 0 Å². The van der Waals surface area contributed by atoms with Gasteiger partial charge in [0.25, 0.3) is 5.91 Å². The number of carbonyl (C=O) groups is 2. The zero-order valence-electron chi connectivity index (χ0n) is 26.2. The second-order valence-electron chi connectivity index (χ2n) is 13.8. The van der Waals surface area contributed by atoms with E-state index in [1.54, 1.807) is 11.8 Å². The topological polar surface area (TPSA) is 82.1 Å². The standard InChI is InChI=1S/C36H45N3O4S/c1-4-13-36(33(41)42)30-12-14-35(30)22-39(19-31(35)36)34-37-28(21-44-34)27-17-23(2)8-11-29(27)43-20-26-10-9-25(18-24(26)3)32(40)38-15-6-5-7-16-38/h8-11,17-18,21,30-31,34,37H,4-7,12-16,19-20,22H2,1-3H3,(H,41,42). The van der Waals surface area contributed by atoms with E-state index in [-0.39, 0.29) is 22.7 Å². The molecule has 2 aliphatic carbocycles. The molecular formula is C36H45N3O4S. The van der Waals surface area contributed by atoms with Crippen molar-refractivity contribution in [3.63, 3.8) is 0 Å². The molecule has 2 aromatic rings. The Morgan fingerprint density at radius 1 is 1.09 bits per heavy atom. The summed E-state index contributed by atoms with van der Waals surface area (Å²) in [5, 5.41) is 16.3. The van der Waals surface area contributed by atoms with Crippen LogP contribution in [0.4, 0.5) is 0 Å². The van der Waals surface area contributed by atoms with Crippen molar-refractivity contribution in [3.05, 3.63) is 69.6 Å². The summed E-state index contributed by atoms with van der Waals surface area (Å²) in [4.78, 5) is 30.1. The smallest absolute Gasteiger partial charge is 0.310 e. The lowest BCUT2D eigenvalue weighted by atomic mass is 9.31. The Hall–Kier alpha value is -2.97. The van der Waals surface area contributed by atoms with E-state index >= 15 is 0 Å². The molecule has 5 aliphatic rings. The van der Waals surface area contributed by atoms with Crippen molar-refractivity contribution in [3.8, 4) is 5.75 Å². The first-order chi connectivity index (χ1) is 21.3. The van der Waals surface area contributed by atoms with Gasteiger partial charge in [0.15, 0.2) is 0 Å².